The summed E-state index contributed by atoms with van der Waals surface area (Å²) in [7, 11) is 1.49. The molecule has 2 saturated heterocycles. The van der Waals surface area contributed by atoms with Crippen molar-refractivity contribution in [2.75, 3.05) is 24.8 Å². The highest BCUT2D eigenvalue weighted by Crippen LogP contribution is 2.54. The summed E-state index contributed by atoms with van der Waals surface area (Å²) in [5.74, 6) is -0.842. The number of fused-ring (bicyclic) bond motifs is 1. The first-order chi connectivity index (χ1) is 14.9. The van der Waals surface area contributed by atoms with Crippen molar-refractivity contribution < 1.29 is 28.2 Å². The van der Waals surface area contributed by atoms with E-state index in [2.05, 4.69) is 5.32 Å². The predicted octanol–water partition coefficient (Wildman–Crippen LogP) is 2.91. The molecule has 162 valence electrons. The first-order valence-corrected chi connectivity index (χ1v) is 10.7. The first kappa shape index (κ1) is 21.2. The van der Waals surface area contributed by atoms with E-state index in [4.69, 9.17) is 9.47 Å². The Bertz CT molecular complexity index is 1020. The Morgan fingerprint density at radius 2 is 1.97 bits per heavy atom. The van der Waals surface area contributed by atoms with Crippen LogP contribution >= 0.6 is 11.8 Å². The maximum Gasteiger partial charge on any atom is 0.330 e. The third kappa shape index (κ3) is 3.97. The van der Waals surface area contributed by atoms with Crippen molar-refractivity contribution >= 4 is 35.2 Å². The van der Waals surface area contributed by atoms with Crippen molar-refractivity contribution in [3.05, 3.63) is 59.9 Å². The Balaban J connectivity index is 1.42. The number of rotatable bonds is 6. The van der Waals surface area contributed by atoms with Crippen LogP contribution in [0.3, 0.4) is 0 Å². The Hall–Kier alpha value is -3.07. The largest absolute Gasteiger partial charge is 0.495 e. The quantitative estimate of drug-likeness (QED) is 0.690. The molecule has 1 N–H and O–H groups in total. The molecule has 31 heavy (non-hydrogen) atoms. The number of amides is 2. The molecule has 2 fully saturated rings. The molecule has 0 saturated carbocycles. The number of carbonyl (C=O) groups is 3. The summed E-state index contributed by atoms with van der Waals surface area (Å²) in [6.45, 7) is -0.483. The molecule has 2 atom stereocenters. The number of halogens is 1. The van der Waals surface area contributed by atoms with Crippen LogP contribution in [0.15, 0.2) is 48.5 Å². The van der Waals surface area contributed by atoms with Gasteiger partial charge < -0.3 is 19.7 Å². The summed E-state index contributed by atoms with van der Waals surface area (Å²) >= 11 is 1.47. The first-order valence-electron chi connectivity index (χ1n) is 9.76. The van der Waals surface area contributed by atoms with Gasteiger partial charge in [0.05, 0.1) is 12.8 Å². The maximum atomic E-state index is 13.4. The second kappa shape index (κ2) is 8.58. The predicted molar refractivity (Wildman–Crippen MR) is 113 cm³/mol. The lowest BCUT2D eigenvalue weighted by atomic mass is 10.0. The number of anilines is 1. The highest BCUT2D eigenvalue weighted by Gasteiger charge is 2.57. The van der Waals surface area contributed by atoms with Crippen LogP contribution in [0.5, 0.6) is 5.75 Å². The molecular weight excluding hydrogens is 423 g/mol. The minimum absolute atomic E-state index is 0.158. The monoisotopic (exact) mass is 444 g/mol. The second-order valence-electron chi connectivity index (χ2n) is 7.24. The lowest BCUT2D eigenvalue weighted by Gasteiger charge is -2.33. The van der Waals surface area contributed by atoms with Crippen LogP contribution < -0.4 is 10.1 Å². The molecule has 9 heteroatoms. The van der Waals surface area contributed by atoms with E-state index in [-0.39, 0.29) is 11.7 Å². The number of nitrogens with one attached hydrogen (secondary N) is 1. The van der Waals surface area contributed by atoms with E-state index in [9.17, 15) is 18.8 Å². The van der Waals surface area contributed by atoms with Gasteiger partial charge in [-0.1, -0.05) is 24.3 Å². The van der Waals surface area contributed by atoms with Crippen molar-refractivity contribution in [3.8, 4) is 5.75 Å². The fraction of sp³-hybridized carbons (Fsp3) is 0.318. The van der Waals surface area contributed by atoms with E-state index in [1.807, 2.05) is 0 Å². The van der Waals surface area contributed by atoms with Crippen LogP contribution in [0.25, 0.3) is 0 Å². The van der Waals surface area contributed by atoms with E-state index < -0.39 is 29.4 Å². The zero-order chi connectivity index (χ0) is 22.0. The summed E-state index contributed by atoms with van der Waals surface area (Å²) in [6.07, 6.45) is 0.822. The zero-order valence-electron chi connectivity index (χ0n) is 16.8. The lowest BCUT2D eigenvalue weighted by Crippen LogP contribution is -2.47. The molecule has 2 amide bonds. The van der Waals surface area contributed by atoms with Gasteiger partial charge in [0.25, 0.3) is 5.91 Å². The number of benzene rings is 2. The normalized spacial score (nSPS) is 22.2. The Labute approximate surface area is 182 Å². The molecule has 2 aromatic carbocycles. The number of para-hydroxylation sites is 2. The molecule has 2 aliphatic heterocycles. The Morgan fingerprint density at radius 3 is 2.71 bits per heavy atom. The van der Waals surface area contributed by atoms with Crippen molar-refractivity contribution in [2.24, 2.45) is 0 Å². The van der Waals surface area contributed by atoms with Crippen molar-refractivity contribution in [3.63, 3.8) is 0 Å². The highest BCUT2D eigenvalue weighted by atomic mass is 32.2. The van der Waals surface area contributed by atoms with Gasteiger partial charge in [-0.3, -0.25) is 9.59 Å². The number of nitrogens with zero attached hydrogens (tertiary/aromatic N) is 1. The molecule has 0 radical (unpaired) electrons. The van der Waals surface area contributed by atoms with Crippen molar-refractivity contribution in [1.29, 1.82) is 0 Å². The topological polar surface area (TPSA) is 84.9 Å². The Morgan fingerprint density at radius 1 is 1.23 bits per heavy atom. The van der Waals surface area contributed by atoms with Gasteiger partial charge in [0.1, 0.15) is 22.5 Å². The molecule has 0 spiro atoms. The van der Waals surface area contributed by atoms with E-state index in [0.717, 1.165) is 5.56 Å². The van der Waals surface area contributed by atoms with Crippen LogP contribution in [-0.2, 0) is 24.0 Å². The Kier molecular flexibility index (Phi) is 5.86. The van der Waals surface area contributed by atoms with Crippen LogP contribution in [-0.4, -0.2) is 48.2 Å². The fourth-order valence-electron chi connectivity index (χ4n) is 3.99. The van der Waals surface area contributed by atoms with E-state index in [1.165, 1.54) is 35.9 Å². The van der Waals surface area contributed by atoms with Gasteiger partial charge in [-0.2, -0.15) is 0 Å². The fourth-order valence-corrected chi connectivity index (χ4v) is 5.63. The number of carbonyl (C=O) groups excluding carboxylic acids is 3. The third-order valence-electron chi connectivity index (χ3n) is 5.42. The van der Waals surface area contributed by atoms with Crippen molar-refractivity contribution in [2.45, 2.75) is 23.8 Å². The van der Waals surface area contributed by atoms with Crippen LogP contribution in [0.2, 0.25) is 0 Å². The molecular formula is C22H21FN2O5S. The molecule has 2 heterocycles. The van der Waals surface area contributed by atoms with E-state index in [0.29, 0.717) is 30.0 Å². The minimum Gasteiger partial charge on any atom is -0.495 e. The lowest BCUT2D eigenvalue weighted by molar-refractivity contribution is -0.155. The maximum absolute atomic E-state index is 13.4. The van der Waals surface area contributed by atoms with E-state index >= 15 is 0 Å². The molecule has 0 bridgehead atoms. The van der Waals surface area contributed by atoms with Crippen LogP contribution in [0.1, 0.15) is 18.4 Å². The second-order valence-corrected chi connectivity index (χ2v) is 8.54. The number of thioether (sulfide) groups is 1. The number of hydrogen-bond acceptors (Lipinski definition) is 6. The molecule has 7 nitrogen and oxygen atoms in total. The summed E-state index contributed by atoms with van der Waals surface area (Å²) in [6, 6.07) is 12.1. The molecule has 2 aromatic rings. The van der Waals surface area contributed by atoms with Gasteiger partial charge in [-0.25, -0.2) is 9.18 Å². The number of ether oxygens (including phenoxy) is 2. The van der Waals surface area contributed by atoms with Crippen LogP contribution in [0.4, 0.5) is 10.1 Å². The van der Waals surface area contributed by atoms with Gasteiger partial charge in [-0.05, 0) is 36.2 Å². The SMILES string of the molecule is COc1ccccc1NC(=O)COC(=O)[C@@H]1CS[C@]2(c3ccc(F)cc3)CCC(=O)N12. The van der Waals surface area contributed by atoms with Gasteiger partial charge in [0, 0.05) is 12.2 Å². The highest BCUT2D eigenvalue weighted by molar-refractivity contribution is 8.00. The summed E-state index contributed by atoms with van der Waals surface area (Å²) in [5.41, 5.74) is 1.24. The van der Waals surface area contributed by atoms with E-state index in [1.54, 1.807) is 36.4 Å². The smallest absolute Gasteiger partial charge is 0.330 e. The van der Waals surface area contributed by atoms with Crippen molar-refractivity contribution in [1.82, 2.24) is 4.90 Å². The van der Waals surface area contributed by atoms with Gasteiger partial charge >= 0.3 is 5.97 Å². The van der Waals surface area contributed by atoms with Gasteiger partial charge in [0.15, 0.2) is 6.61 Å². The molecule has 2 aliphatic rings. The number of hydrogen-bond donors (Lipinski definition) is 1. The summed E-state index contributed by atoms with van der Waals surface area (Å²) in [5, 5.41) is 2.64. The molecule has 0 aromatic heterocycles. The average Bonchev–Trinajstić information content (AvgIpc) is 3.32. The molecule has 0 unspecified atom stereocenters. The minimum atomic E-state index is -0.802. The average molecular weight is 444 g/mol. The number of esters is 1. The molecule has 4 rings (SSSR count). The standard InChI is InChI=1S/C22H21FN2O5S/c1-29-18-5-3-2-4-16(18)24-19(26)12-30-21(28)17-13-31-22(11-10-20(27)25(17)22)14-6-8-15(23)9-7-14/h2-9,17H,10-13H2,1H3,(H,24,26)/t17-,22-/m0/s1. The molecule has 0 aliphatic carbocycles. The van der Waals surface area contributed by atoms with Gasteiger partial charge in [-0.15, -0.1) is 11.8 Å². The van der Waals surface area contributed by atoms with Crippen LogP contribution in [0, 0.1) is 5.82 Å². The third-order valence-corrected chi connectivity index (χ3v) is 7.02. The number of methoxy groups -OCH3 is 1. The zero-order valence-corrected chi connectivity index (χ0v) is 17.6. The summed E-state index contributed by atoms with van der Waals surface area (Å²) in [4.78, 5) is 38.4. The van der Waals surface area contributed by atoms with Gasteiger partial charge in [0.2, 0.25) is 5.91 Å². The summed E-state index contributed by atoms with van der Waals surface area (Å²) < 4.78 is 23.8.